The van der Waals surface area contributed by atoms with Crippen LogP contribution in [-0.2, 0) is 24.6 Å². The van der Waals surface area contributed by atoms with E-state index in [1.165, 1.54) is 54.4 Å². The average molecular weight is 516 g/mol. The highest BCUT2D eigenvalue weighted by Gasteiger charge is 2.51. The Bertz CT molecular complexity index is 1380. The zero-order valence-electron chi connectivity index (χ0n) is 19.9. The summed E-state index contributed by atoms with van der Waals surface area (Å²) in [7, 11) is 2.83. The summed E-state index contributed by atoms with van der Waals surface area (Å²) >= 11 is 0. The number of rotatable bonds is 8. The topological polar surface area (TPSA) is 112 Å². The number of nitrogens with one attached hydrogen (secondary N) is 2. The highest BCUT2D eigenvalue weighted by molar-refractivity contribution is 6.00. The van der Waals surface area contributed by atoms with Crippen LogP contribution in [0, 0.1) is 0 Å². The number of methoxy groups -OCH3 is 1. The lowest BCUT2D eigenvalue weighted by molar-refractivity contribution is -0.138. The van der Waals surface area contributed by atoms with Crippen molar-refractivity contribution in [3.05, 3.63) is 82.0 Å². The fourth-order valence-electron chi connectivity index (χ4n) is 3.50. The molecule has 0 atom stereocenters. The number of carbonyl (C=O) groups excluding carboxylic acids is 2. The largest absolute Gasteiger partial charge is 0.497 e. The Balaban J connectivity index is 1.36. The number of hydrogen-bond acceptors (Lipinski definition) is 6. The Labute approximate surface area is 209 Å². The van der Waals surface area contributed by atoms with Crippen molar-refractivity contribution >= 4 is 11.8 Å². The van der Waals surface area contributed by atoms with Crippen LogP contribution in [0.2, 0.25) is 0 Å². The van der Waals surface area contributed by atoms with Crippen LogP contribution in [0.5, 0.6) is 17.2 Å². The van der Waals surface area contributed by atoms with Crippen molar-refractivity contribution < 1.29 is 32.2 Å². The van der Waals surface area contributed by atoms with Gasteiger partial charge in [0.15, 0.2) is 0 Å². The molecule has 9 nitrogen and oxygen atoms in total. The predicted molar refractivity (Wildman–Crippen MR) is 125 cm³/mol. The molecule has 4 rings (SSSR count). The minimum Gasteiger partial charge on any atom is -0.497 e. The van der Waals surface area contributed by atoms with Crippen LogP contribution in [0.4, 0.5) is 13.2 Å². The summed E-state index contributed by atoms with van der Waals surface area (Å²) in [5, 5.41) is 5.39. The first kappa shape index (κ1) is 25.7. The van der Waals surface area contributed by atoms with E-state index in [1.807, 2.05) is 0 Å². The van der Waals surface area contributed by atoms with Gasteiger partial charge in [-0.15, -0.1) is 0 Å². The Kier molecular flexibility index (Phi) is 6.92. The van der Waals surface area contributed by atoms with E-state index < -0.39 is 34.8 Å². The zero-order chi connectivity index (χ0) is 26.8. The molecule has 1 fully saturated rings. The molecule has 194 valence electrons. The number of ether oxygens (including phenoxy) is 2. The van der Waals surface area contributed by atoms with Gasteiger partial charge in [0.25, 0.3) is 11.5 Å². The van der Waals surface area contributed by atoms with E-state index in [2.05, 4.69) is 15.6 Å². The minimum absolute atomic E-state index is 0.0267. The van der Waals surface area contributed by atoms with Crippen LogP contribution in [0.25, 0.3) is 0 Å². The van der Waals surface area contributed by atoms with E-state index in [0.29, 0.717) is 18.5 Å². The molecule has 1 saturated carbocycles. The molecular weight excluding hydrogens is 493 g/mol. The second-order valence-electron chi connectivity index (χ2n) is 8.53. The summed E-state index contributed by atoms with van der Waals surface area (Å²) in [5.74, 6) is -1.22. The molecule has 0 bridgehead atoms. The van der Waals surface area contributed by atoms with Gasteiger partial charge in [0, 0.05) is 24.9 Å². The third-order valence-electron chi connectivity index (χ3n) is 5.85. The van der Waals surface area contributed by atoms with Crippen molar-refractivity contribution in [1.29, 1.82) is 0 Å². The molecule has 2 N–H and O–H groups in total. The molecule has 0 unspecified atom stereocenters. The number of amides is 2. The number of aryl methyl sites for hydroxylation is 1. The summed E-state index contributed by atoms with van der Waals surface area (Å²) in [6, 6.07) is 8.98. The van der Waals surface area contributed by atoms with Crippen LogP contribution >= 0.6 is 0 Å². The van der Waals surface area contributed by atoms with E-state index in [-0.39, 0.29) is 29.2 Å². The number of benzene rings is 1. The van der Waals surface area contributed by atoms with Gasteiger partial charge in [-0.3, -0.25) is 19.4 Å². The Morgan fingerprint density at radius 2 is 1.84 bits per heavy atom. The van der Waals surface area contributed by atoms with E-state index in [1.54, 1.807) is 7.05 Å². The first-order valence-corrected chi connectivity index (χ1v) is 11.2. The van der Waals surface area contributed by atoms with Gasteiger partial charge >= 0.3 is 6.18 Å². The highest BCUT2D eigenvalue weighted by atomic mass is 19.4. The van der Waals surface area contributed by atoms with E-state index in [4.69, 9.17) is 9.47 Å². The first-order valence-electron chi connectivity index (χ1n) is 11.2. The van der Waals surface area contributed by atoms with Crippen molar-refractivity contribution in [3.8, 4) is 17.2 Å². The summed E-state index contributed by atoms with van der Waals surface area (Å²) in [6.07, 6.45) is -1.05. The third-order valence-corrected chi connectivity index (χ3v) is 5.85. The second kappa shape index (κ2) is 9.96. The predicted octanol–water partition coefficient (Wildman–Crippen LogP) is 3.18. The van der Waals surface area contributed by atoms with Crippen LogP contribution in [0.1, 0.15) is 34.5 Å². The number of nitrogens with zero attached hydrogens (tertiary/aromatic N) is 2. The SMILES string of the molecule is COc1ccc(Oc2ccc(CNC(=O)C3(NC(=O)c4ccn(C)c(=O)c4)CC3)nc2)c(C(F)(F)F)c1. The van der Waals surface area contributed by atoms with Gasteiger partial charge in [-0.25, -0.2) is 0 Å². The highest BCUT2D eigenvalue weighted by Crippen LogP contribution is 2.40. The van der Waals surface area contributed by atoms with Crippen molar-refractivity contribution in [2.45, 2.75) is 31.1 Å². The maximum Gasteiger partial charge on any atom is 0.420 e. The van der Waals surface area contributed by atoms with Gasteiger partial charge in [-0.1, -0.05) is 0 Å². The molecule has 2 amide bonds. The lowest BCUT2D eigenvalue weighted by atomic mass is 10.2. The standard InChI is InChI=1S/C25H23F3N4O5/c1-32-10-7-15(11-21(32)33)22(34)31-24(8-9-24)23(35)30-13-16-3-4-18(14-29-16)37-20-6-5-17(36-2)12-19(20)25(26,27)28/h3-7,10-12,14H,8-9,13H2,1-2H3,(H,30,35)(H,31,34). The lowest BCUT2D eigenvalue weighted by Crippen LogP contribution is -2.49. The molecule has 1 aliphatic carbocycles. The number of hydrogen-bond donors (Lipinski definition) is 2. The van der Waals surface area contributed by atoms with Crippen LogP contribution in [0.15, 0.2) is 59.7 Å². The van der Waals surface area contributed by atoms with Crippen LogP contribution in [0.3, 0.4) is 0 Å². The second-order valence-corrected chi connectivity index (χ2v) is 8.53. The first-order chi connectivity index (χ1) is 17.5. The van der Waals surface area contributed by atoms with Crippen molar-refractivity contribution in [3.63, 3.8) is 0 Å². The van der Waals surface area contributed by atoms with Crippen molar-refractivity contribution in [2.24, 2.45) is 7.05 Å². The Morgan fingerprint density at radius 3 is 2.43 bits per heavy atom. The molecule has 0 radical (unpaired) electrons. The molecule has 37 heavy (non-hydrogen) atoms. The number of aromatic nitrogens is 2. The van der Waals surface area contributed by atoms with Gasteiger partial charge in [-0.2, -0.15) is 13.2 Å². The summed E-state index contributed by atoms with van der Waals surface area (Å²) in [4.78, 5) is 41.1. The quantitative estimate of drug-likeness (QED) is 0.476. The van der Waals surface area contributed by atoms with Gasteiger partial charge in [0.2, 0.25) is 5.91 Å². The normalized spacial score (nSPS) is 14.0. The smallest absolute Gasteiger partial charge is 0.420 e. The maximum absolute atomic E-state index is 13.4. The molecule has 2 aromatic heterocycles. The number of pyridine rings is 2. The summed E-state index contributed by atoms with van der Waals surface area (Å²) in [5.41, 5.74) is -1.81. The molecule has 0 aliphatic heterocycles. The van der Waals surface area contributed by atoms with E-state index in [9.17, 15) is 27.6 Å². The van der Waals surface area contributed by atoms with Crippen LogP contribution in [-0.4, -0.2) is 34.0 Å². The average Bonchev–Trinajstić information content (AvgIpc) is 3.65. The molecular formula is C25H23F3N4O5. The van der Waals surface area contributed by atoms with Gasteiger partial charge < -0.3 is 24.7 Å². The monoisotopic (exact) mass is 516 g/mol. The molecule has 0 spiro atoms. The zero-order valence-corrected chi connectivity index (χ0v) is 19.9. The fraction of sp³-hybridized carbons (Fsp3) is 0.280. The molecule has 1 aliphatic rings. The van der Waals surface area contributed by atoms with Gasteiger partial charge in [0.1, 0.15) is 28.4 Å². The van der Waals surface area contributed by atoms with Gasteiger partial charge in [0.05, 0.1) is 25.5 Å². The van der Waals surface area contributed by atoms with E-state index >= 15 is 0 Å². The molecule has 3 aromatic rings. The molecule has 2 heterocycles. The maximum atomic E-state index is 13.4. The van der Waals surface area contributed by atoms with Crippen molar-refractivity contribution in [1.82, 2.24) is 20.2 Å². The number of alkyl halides is 3. The molecule has 0 saturated heterocycles. The number of carbonyl (C=O) groups is 2. The molecule has 1 aromatic carbocycles. The summed E-state index contributed by atoms with van der Waals surface area (Å²) in [6.45, 7) is 0.0267. The Hall–Kier alpha value is -4.35. The van der Waals surface area contributed by atoms with E-state index in [0.717, 1.165) is 12.1 Å². The number of halogens is 3. The third kappa shape index (κ3) is 5.90. The summed E-state index contributed by atoms with van der Waals surface area (Å²) < 4.78 is 51.7. The minimum atomic E-state index is -4.65. The lowest BCUT2D eigenvalue weighted by Gasteiger charge is -2.17. The Morgan fingerprint density at radius 1 is 1.11 bits per heavy atom. The fourth-order valence-corrected chi connectivity index (χ4v) is 3.50. The van der Waals surface area contributed by atoms with Gasteiger partial charge in [-0.05, 0) is 49.2 Å². The molecule has 12 heteroatoms. The van der Waals surface area contributed by atoms with Crippen molar-refractivity contribution in [2.75, 3.05) is 7.11 Å². The van der Waals surface area contributed by atoms with Crippen LogP contribution < -0.4 is 25.7 Å².